The van der Waals surface area contributed by atoms with Crippen LogP contribution in [0.4, 0.5) is 0 Å². The number of hydrogen-bond donors (Lipinski definition) is 3. The minimum absolute atomic E-state index is 0.0119. The third-order valence-electron chi connectivity index (χ3n) is 8.46. The maximum atomic E-state index is 12.1. The Balaban J connectivity index is 1.38. The second kappa shape index (κ2) is 14.3. The predicted octanol–water partition coefficient (Wildman–Crippen LogP) is 6.08. The predicted molar refractivity (Wildman–Crippen MR) is 169 cm³/mol. The smallest absolute Gasteiger partial charge is 0.272 e. The number of hydrogen-bond acceptors (Lipinski definition) is 6. The monoisotopic (exact) mass is 646 g/mol. The summed E-state index contributed by atoms with van der Waals surface area (Å²) in [5.74, 6) is -0.622. The summed E-state index contributed by atoms with van der Waals surface area (Å²) in [6, 6.07) is 23.8. The summed E-state index contributed by atoms with van der Waals surface area (Å²) >= 11 is 17.1. The second-order valence-corrected chi connectivity index (χ2v) is 13.5. The molecule has 3 aromatic carbocycles. The average Bonchev–Trinajstić information content (AvgIpc) is 3.48. The van der Waals surface area contributed by atoms with E-state index in [9.17, 15) is 15.0 Å². The molecule has 0 aromatic heterocycles. The molecule has 7 nitrogen and oxygen atoms in total. The molecular formula is C33H37Cl3N2O5. The number of rotatable bonds is 9. The highest BCUT2D eigenvalue weighted by Gasteiger charge is 2.40. The number of aliphatic hydroxyl groups excluding tert-OH is 2. The Morgan fingerprint density at radius 3 is 2.35 bits per heavy atom. The van der Waals surface area contributed by atoms with E-state index < -0.39 is 16.0 Å². The van der Waals surface area contributed by atoms with Gasteiger partial charge in [0.2, 0.25) is 0 Å². The summed E-state index contributed by atoms with van der Waals surface area (Å²) in [5, 5.41) is 22.1. The van der Waals surface area contributed by atoms with Crippen molar-refractivity contribution >= 4 is 40.7 Å². The van der Waals surface area contributed by atoms with Crippen LogP contribution >= 0.6 is 34.8 Å². The lowest BCUT2D eigenvalue weighted by Gasteiger charge is -2.43. The van der Waals surface area contributed by atoms with Gasteiger partial charge in [0.15, 0.2) is 6.29 Å². The molecule has 2 fully saturated rings. The van der Waals surface area contributed by atoms with Gasteiger partial charge in [0.05, 0.1) is 25.4 Å². The lowest BCUT2D eigenvalue weighted by atomic mass is 9.89. The molecule has 3 aromatic rings. The molecule has 230 valence electrons. The number of benzene rings is 3. The number of likely N-dealkylation sites (tertiary alicyclic amines) is 1. The largest absolute Gasteiger partial charge is 0.395 e. The minimum Gasteiger partial charge on any atom is -0.395 e. The highest BCUT2D eigenvalue weighted by atomic mass is 35.6. The fraction of sp³-hybridized carbons (Fsp3) is 0.424. The third kappa shape index (κ3) is 7.72. The molecule has 10 heteroatoms. The van der Waals surface area contributed by atoms with Crippen molar-refractivity contribution < 1.29 is 24.5 Å². The SMILES string of the molecule is C[C@H]1[C@@H](CN2CCC[C@H]2CO)O[C@@H](c2ccc(-c3ccccc3CNC(=O)C(Cl)(Cl)Cl)cc2)O[C@H]1c1ccc(CO)cc1. The molecule has 2 heterocycles. The number of aliphatic hydroxyl groups is 2. The van der Waals surface area contributed by atoms with Gasteiger partial charge >= 0.3 is 0 Å². The number of alkyl halides is 3. The zero-order chi connectivity index (χ0) is 30.6. The summed E-state index contributed by atoms with van der Waals surface area (Å²) in [6.07, 6.45) is 1.13. The molecule has 0 bridgehead atoms. The molecule has 0 spiro atoms. The summed E-state index contributed by atoms with van der Waals surface area (Å²) in [4.78, 5) is 14.4. The number of nitrogens with one attached hydrogen (secondary N) is 1. The maximum absolute atomic E-state index is 12.1. The first-order chi connectivity index (χ1) is 20.7. The molecule has 5 rings (SSSR count). The fourth-order valence-corrected chi connectivity index (χ4v) is 6.15. The lowest BCUT2D eigenvalue weighted by Crippen LogP contribution is -2.46. The summed E-state index contributed by atoms with van der Waals surface area (Å²) in [7, 11) is 0. The van der Waals surface area contributed by atoms with E-state index in [0.717, 1.165) is 52.8 Å². The molecule has 2 aliphatic heterocycles. The lowest BCUT2D eigenvalue weighted by molar-refractivity contribution is -0.276. The number of carbonyl (C=O) groups is 1. The van der Waals surface area contributed by atoms with Crippen molar-refractivity contribution in [2.24, 2.45) is 5.92 Å². The zero-order valence-electron chi connectivity index (χ0n) is 24.0. The quantitative estimate of drug-likeness (QED) is 0.244. The van der Waals surface area contributed by atoms with E-state index in [1.807, 2.05) is 72.8 Å². The number of nitrogens with zero attached hydrogens (tertiary/aromatic N) is 1. The summed E-state index contributed by atoms with van der Waals surface area (Å²) in [5.41, 5.74) is 5.56. The Kier molecular flexibility index (Phi) is 10.7. The van der Waals surface area contributed by atoms with Crippen molar-refractivity contribution in [2.75, 3.05) is 19.7 Å². The third-order valence-corrected chi connectivity index (χ3v) is 8.97. The molecule has 0 radical (unpaired) electrons. The van der Waals surface area contributed by atoms with Crippen molar-refractivity contribution in [1.29, 1.82) is 0 Å². The molecule has 0 unspecified atom stereocenters. The Labute approximate surface area is 267 Å². The molecule has 3 N–H and O–H groups in total. The van der Waals surface area contributed by atoms with E-state index in [4.69, 9.17) is 44.3 Å². The van der Waals surface area contributed by atoms with Crippen LogP contribution in [-0.2, 0) is 27.4 Å². The Morgan fingerprint density at radius 2 is 1.67 bits per heavy atom. The first kappa shape index (κ1) is 32.2. The topological polar surface area (TPSA) is 91.3 Å². The van der Waals surface area contributed by atoms with Crippen molar-refractivity contribution in [3.8, 4) is 11.1 Å². The van der Waals surface area contributed by atoms with E-state index in [1.165, 1.54) is 0 Å². The van der Waals surface area contributed by atoms with Crippen LogP contribution in [0.25, 0.3) is 11.1 Å². The van der Waals surface area contributed by atoms with Gasteiger partial charge in [-0.1, -0.05) is 115 Å². The molecule has 2 aliphatic rings. The Bertz CT molecular complexity index is 1370. The minimum atomic E-state index is -2.03. The van der Waals surface area contributed by atoms with Crippen LogP contribution in [0.5, 0.6) is 0 Å². The first-order valence-electron chi connectivity index (χ1n) is 14.6. The Morgan fingerprint density at radius 1 is 0.977 bits per heavy atom. The number of carbonyl (C=O) groups excluding carboxylic acids is 1. The van der Waals surface area contributed by atoms with Crippen LogP contribution < -0.4 is 5.32 Å². The highest BCUT2D eigenvalue weighted by Crippen LogP contribution is 2.42. The molecule has 43 heavy (non-hydrogen) atoms. The molecular weight excluding hydrogens is 611 g/mol. The second-order valence-electron chi connectivity index (χ2n) is 11.3. The van der Waals surface area contributed by atoms with Gasteiger partial charge in [-0.3, -0.25) is 9.69 Å². The number of halogens is 3. The van der Waals surface area contributed by atoms with Crippen LogP contribution in [0, 0.1) is 5.92 Å². The summed E-state index contributed by atoms with van der Waals surface area (Å²) < 4.78 is 11.2. The normalized spacial score (nSPS) is 24.7. The van der Waals surface area contributed by atoms with Gasteiger partial charge in [-0.2, -0.15) is 0 Å². The van der Waals surface area contributed by atoms with E-state index in [0.29, 0.717) is 6.54 Å². The van der Waals surface area contributed by atoms with Gasteiger partial charge in [0.25, 0.3) is 9.70 Å². The molecule has 5 atom stereocenters. The fourth-order valence-electron chi connectivity index (χ4n) is 5.95. The zero-order valence-corrected chi connectivity index (χ0v) is 26.2. The van der Waals surface area contributed by atoms with Crippen LogP contribution in [-0.4, -0.2) is 56.7 Å². The van der Waals surface area contributed by atoms with Crippen molar-refractivity contribution in [1.82, 2.24) is 10.2 Å². The van der Waals surface area contributed by atoms with Gasteiger partial charge < -0.3 is 25.0 Å². The van der Waals surface area contributed by atoms with E-state index in [-0.39, 0.29) is 43.9 Å². The van der Waals surface area contributed by atoms with Crippen molar-refractivity contribution in [3.05, 3.63) is 95.1 Å². The molecule has 0 saturated carbocycles. The van der Waals surface area contributed by atoms with Gasteiger partial charge in [-0.05, 0) is 47.2 Å². The van der Waals surface area contributed by atoms with E-state index in [2.05, 4.69) is 17.1 Å². The van der Waals surface area contributed by atoms with E-state index >= 15 is 0 Å². The van der Waals surface area contributed by atoms with E-state index in [1.54, 1.807) is 0 Å². The molecule has 0 aliphatic carbocycles. The van der Waals surface area contributed by atoms with Gasteiger partial charge in [0.1, 0.15) is 0 Å². The van der Waals surface area contributed by atoms with Gasteiger partial charge in [-0.15, -0.1) is 0 Å². The molecule has 1 amide bonds. The Hall–Kier alpha value is -2.20. The maximum Gasteiger partial charge on any atom is 0.272 e. The number of amides is 1. The van der Waals surface area contributed by atoms with Crippen LogP contribution in [0.3, 0.4) is 0 Å². The standard InChI is InChI=1S/C33H37Cl3N2O5/c1-21-29(18-38-16-4-6-27(38)20-40)42-31(43-30(21)24-10-8-22(19-39)9-11-24)25-14-12-23(13-15-25)28-7-3-2-5-26(28)17-37-32(41)33(34,35)36/h2-3,5,7-15,21,27,29-31,39-40H,4,6,16-20H2,1H3,(H,37,41)/t21-,27-,29+,30+,31+/m0/s1. The highest BCUT2D eigenvalue weighted by molar-refractivity contribution is 6.76. The van der Waals surface area contributed by atoms with Crippen LogP contribution in [0.2, 0.25) is 0 Å². The average molecular weight is 648 g/mol. The van der Waals surface area contributed by atoms with Crippen molar-refractivity contribution in [2.45, 2.75) is 61.2 Å². The van der Waals surface area contributed by atoms with Crippen molar-refractivity contribution in [3.63, 3.8) is 0 Å². The van der Waals surface area contributed by atoms with Gasteiger partial charge in [-0.25, -0.2) is 0 Å². The number of ether oxygens (including phenoxy) is 2. The first-order valence-corrected chi connectivity index (χ1v) is 15.7. The van der Waals surface area contributed by atoms with Crippen LogP contribution in [0.1, 0.15) is 54.4 Å². The van der Waals surface area contributed by atoms with Gasteiger partial charge in [0, 0.05) is 30.6 Å². The molecule has 2 saturated heterocycles. The summed E-state index contributed by atoms with van der Waals surface area (Å²) in [6.45, 7) is 4.14. The van der Waals surface area contributed by atoms with Crippen LogP contribution in [0.15, 0.2) is 72.8 Å².